The summed E-state index contributed by atoms with van der Waals surface area (Å²) < 4.78 is 12.9. The van der Waals surface area contributed by atoms with Gasteiger partial charge in [-0.1, -0.05) is 18.2 Å². The Morgan fingerprint density at radius 1 is 1.19 bits per heavy atom. The molecule has 0 heterocycles. The van der Waals surface area contributed by atoms with Crippen molar-refractivity contribution in [1.82, 2.24) is 0 Å². The van der Waals surface area contributed by atoms with E-state index in [0.29, 0.717) is 0 Å². The summed E-state index contributed by atoms with van der Waals surface area (Å²) in [5.74, 6) is -0.914. The van der Waals surface area contributed by atoms with E-state index in [1.807, 2.05) is 26.0 Å². The third-order valence-corrected chi connectivity index (χ3v) is 2.77. The molecule has 0 saturated carbocycles. The first-order chi connectivity index (χ1) is 7.59. The summed E-state index contributed by atoms with van der Waals surface area (Å²) in [6.45, 7) is 3.96. The predicted molar refractivity (Wildman–Crippen MR) is 61.8 cm³/mol. The lowest BCUT2D eigenvalue weighted by atomic mass is 9.97. The van der Waals surface area contributed by atoms with Crippen LogP contribution < -0.4 is 0 Å². The highest BCUT2D eigenvalue weighted by atomic mass is 19.1. The van der Waals surface area contributed by atoms with Crippen LogP contribution in [0, 0.1) is 25.7 Å². The highest BCUT2D eigenvalue weighted by Gasteiger charge is 2.06. The minimum atomic E-state index is -0.597. The molecular formula is C14H12FO. The fraction of sp³-hybridized carbons (Fsp3) is 0.143. The Hall–Kier alpha value is -1.83. The van der Waals surface area contributed by atoms with Crippen molar-refractivity contribution in [1.29, 1.82) is 0 Å². The van der Waals surface area contributed by atoms with Crippen LogP contribution in [0.4, 0.5) is 4.39 Å². The van der Waals surface area contributed by atoms with E-state index in [2.05, 4.69) is 6.07 Å². The lowest BCUT2D eigenvalue weighted by molar-refractivity contribution is 0.433. The first-order valence-electron chi connectivity index (χ1n) is 5.06. The summed E-state index contributed by atoms with van der Waals surface area (Å²) in [6, 6.07) is 11.2. The van der Waals surface area contributed by atoms with E-state index in [9.17, 15) is 9.50 Å². The van der Waals surface area contributed by atoms with Gasteiger partial charge in [0.25, 0.3) is 0 Å². The second-order valence-corrected chi connectivity index (χ2v) is 3.81. The van der Waals surface area contributed by atoms with Crippen LogP contribution in [0.1, 0.15) is 11.1 Å². The molecular weight excluding hydrogens is 203 g/mol. The first-order valence-corrected chi connectivity index (χ1v) is 5.06. The van der Waals surface area contributed by atoms with Gasteiger partial charge in [0.15, 0.2) is 11.6 Å². The van der Waals surface area contributed by atoms with Gasteiger partial charge in [-0.3, -0.25) is 0 Å². The van der Waals surface area contributed by atoms with Gasteiger partial charge in [-0.05, 0) is 54.3 Å². The second-order valence-electron chi connectivity index (χ2n) is 3.81. The van der Waals surface area contributed by atoms with Crippen LogP contribution in [0.25, 0.3) is 11.1 Å². The molecule has 1 N–H and O–H groups in total. The number of halogens is 1. The van der Waals surface area contributed by atoms with Crippen LogP contribution in [0.3, 0.4) is 0 Å². The van der Waals surface area contributed by atoms with Gasteiger partial charge in [0, 0.05) is 0 Å². The van der Waals surface area contributed by atoms with Gasteiger partial charge in [0.2, 0.25) is 0 Å². The molecule has 16 heavy (non-hydrogen) atoms. The third kappa shape index (κ3) is 1.78. The van der Waals surface area contributed by atoms with Crippen LogP contribution in [0.2, 0.25) is 0 Å². The van der Waals surface area contributed by atoms with E-state index in [1.54, 1.807) is 6.07 Å². The Bertz CT molecular complexity index is 532. The summed E-state index contributed by atoms with van der Waals surface area (Å²) in [4.78, 5) is 0. The average molecular weight is 215 g/mol. The molecule has 1 nitrogen and oxygen atoms in total. The van der Waals surface area contributed by atoms with Crippen LogP contribution in [-0.4, -0.2) is 5.11 Å². The molecule has 0 aliphatic heterocycles. The van der Waals surface area contributed by atoms with Gasteiger partial charge < -0.3 is 5.11 Å². The highest BCUT2D eigenvalue weighted by molar-refractivity contribution is 5.69. The zero-order valence-electron chi connectivity index (χ0n) is 9.21. The zero-order chi connectivity index (χ0) is 11.7. The summed E-state index contributed by atoms with van der Waals surface area (Å²) in [5.41, 5.74) is 3.95. The van der Waals surface area contributed by atoms with Crippen molar-refractivity contribution in [3.05, 3.63) is 53.3 Å². The molecule has 0 saturated heterocycles. The van der Waals surface area contributed by atoms with E-state index in [4.69, 9.17) is 0 Å². The van der Waals surface area contributed by atoms with Crippen molar-refractivity contribution in [2.75, 3.05) is 0 Å². The smallest absolute Gasteiger partial charge is 0.164 e. The molecule has 0 spiro atoms. The van der Waals surface area contributed by atoms with Gasteiger partial charge in [-0.25, -0.2) is 4.39 Å². The number of hydrogen-bond acceptors (Lipinski definition) is 1. The number of benzene rings is 2. The molecule has 2 aromatic rings. The van der Waals surface area contributed by atoms with E-state index < -0.39 is 5.82 Å². The molecule has 0 unspecified atom stereocenters. The molecule has 2 aromatic carbocycles. The average Bonchev–Trinajstić information content (AvgIpc) is 2.26. The second kappa shape index (κ2) is 3.97. The lowest BCUT2D eigenvalue weighted by Gasteiger charge is -2.08. The van der Waals surface area contributed by atoms with E-state index >= 15 is 0 Å². The van der Waals surface area contributed by atoms with E-state index in [0.717, 1.165) is 22.3 Å². The highest BCUT2D eigenvalue weighted by Crippen LogP contribution is 2.28. The van der Waals surface area contributed by atoms with Gasteiger partial charge in [-0.2, -0.15) is 0 Å². The Balaban J connectivity index is 2.59. The SMILES string of the molecule is Cc1[c]ccc(-c2ccc(F)c(O)c2)c1C. The van der Waals surface area contributed by atoms with Crippen molar-refractivity contribution >= 4 is 0 Å². The zero-order valence-corrected chi connectivity index (χ0v) is 9.21. The fourth-order valence-electron chi connectivity index (χ4n) is 1.68. The van der Waals surface area contributed by atoms with Crippen LogP contribution in [0.5, 0.6) is 5.75 Å². The van der Waals surface area contributed by atoms with Crippen molar-refractivity contribution < 1.29 is 9.50 Å². The molecule has 0 aliphatic carbocycles. The monoisotopic (exact) mass is 215 g/mol. The molecule has 2 rings (SSSR count). The predicted octanol–water partition coefficient (Wildman–Crippen LogP) is 3.62. The van der Waals surface area contributed by atoms with Crippen molar-refractivity contribution in [2.45, 2.75) is 13.8 Å². The Kier molecular flexibility index (Phi) is 2.65. The number of aryl methyl sites for hydroxylation is 1. The Labute approximate surface area is 94.2 Å². The molecule has 1 radical (unpaired) electrons. The number of aromatic hydroxyl groups is 1. The van der Waals surface area contributed by atoms with Gasteiger partial charge in [0.05, 0.1) is 0 Å². The Morgan fingerprint density at radius 3 is 2.62 bits per heavy atom. The van der Waals surface area contributed by atoms with Gasteiger partial charge in [0.1, 0.15) is 0 Å². The standard InChI is InChI=1S/C14H12FO/c1-9-4-3-5-12(10(9)2)11-6-7-13(15)14(16)8-11/h3,5-8,16H,1-2H3. The normalized spacial score (nSPS) is 10.4. The molecule has 0 amide bonds. The number of phenolic OH excluding ortho intramolecular Hbond substituents is 1. The molecule has 0 bridgehead atoms. The number of phenols is 1. The van der Waals surface area contributed by atoms with E-state index in [-0.39, 0.29) is 5.75 Å². The summed E-state index contributed by atoms with van der Waals surface area (Å²) >= 11 is 0. The third-order valence-electron chi connectivity index (χ3n) is 2.77. The van der Waals surface area contributed by atoms with Crippen LogP contribution >= 0.6 is 0 Å². The topological polar surface area (TPSA) is 20.2 Å². The molecule has 0 aliphatic rings. The fourth-order valence-corrected chi connectivity index (χ4v) is 1.68. The number of hydrogen-bond donors (Lipinski definition) is 1. The molecule has 0 aromatic heterocycles. The van der Waals surface area contributed by atoms with Crippen LogP contribution in [0.15, 0.2) is 30.3 Å². The maximum atomic E-state index is 12.9. The van der Waals surface area contributed by atoms with Crippen molar-refractivity contribution in [3.63, 3.8) is 0 Å². The largest absolute Gasteiger partial charge is 0.505 e. The maximum Gasteiger partial charge on any atom is 0.164 e. The van der Waals surface area contributed by atoms with Crippen molar-refractivity contribution in [3.8, 4) is 16.9 Å². The summed E-state index contributed by atoms with van der Waals surface area (Å²) in [7, 11) is 0. The van der Waals surface area contributed by atoms with Gasteiger partial charge >= 0.3 is 0 Å². The molecule has 2 heteroatoms. The minimum Gasteiger partial charge on any atom is -0.505 e. The summed E-state index contributed by atoms with van der Waals surface area (Å²) in [5, 5.41) is 9.34. The van der Waals surface area contributed by atoms with E-state index in [1.165, 1.54) is 12.1 Å². The number of rotatable bonds is 1. The van der Waals surface area contributed by atoms with Crippen molar-refractivity contribution in [2.24, 2.45) is 0 Å². The minimum absolute atomic E-state index is 0.317. The molecule has 0 atom stereocenters. The Morgan fingerprint density at radius 2 is 1.94 bits per heavy atom. The quantitative estimate of drug-likeness (QED) is 0.770. The van der Waals surface area contributed by atoms with Crippen LogP contribution in [-0.2, 0) is 0 Å². The maximum absolute atomic E-state index is 12.9. The summed E-state index contributed by atoms with van der Waals surface area (Å²) in [6.07, 6.45) is 0. The lowest BCUT2D eigenvalue weighted by Crippen LogP contribution is -1.87. The van der Waals surface area contributed by atoms with Gasteiger partial charge in [-0.15, -0.1) is 0 Å². The first kappa shape index (κ1) is 10.7. The molecule has 0 fully saturated rings. The molecule has 81 valence electrons.